The van der Waals surface area contributed by atoms with E-state index in [1.807, 2.05) is 19.1 Å². The molecular formula is C20H22FN3O2. The number of carbonyl (C=O) groups is 2. The SMILES string of the molecule is Cc1cccc(C(=O)N2CCC[C@@H](CNC(=O)c3ccc(F)cc3)C2)n1. The molecule has 2 aromatic rings. The number of hydrogen-bond donors (Lipinski definition) is 1. The van der Waals surface area contributed by atoms with Crippen molar-refractivity contribution in [3.8, 4) is 0 Å². The van der Waals surface area contributed by atoms with Crippen LogP contribution in [0.4, 0.5) is 4.39 Å². The standard InChI is InChI=1S/C20H22FN3O2/c1-14-4-2-6-18(23-14)20(26)24-11-3-5-15(13-24)12-22-19(25)16-7-9-17(21)10-8-16/h2,4,6-10,15H,3,5,11-13H2,1H3,(H,22,25)/t15-/m0/s1. The van der Waals surface area contributed by atoms with E-state index in [9.17, 15) is 14.0 Å². The first kappa shape index (κ1) is 18.0. The fourth-order valence-corrected chi connectivity index (χ4v) is 3.18. The predicted octanol–water partition coefficient (Wildman–Crippen LogP) is 2.81. The molecule has 0 unspecified atom stereocenters. The van der Waals surface area contributed by atoms with Crippen LogP contribution in [0.15, 0.2) is 42.5 Å². The van der Waals surface area contributed by atoms with Gasteiger partial charge >= 0.3 is 0 Å². The first-order chi connectivity index (χ1) is 12.5. The zero-order valence-corrected chi connectivity index (χ0v) is 14.7. The third-order valence-electron chi connectivity index (χ3n) is 4.57. The van der Waals surface area contributed by atoms with Gasteiger partial charge < -0.3 is 10.2 Å². The maximum Gasteiger partial charge on any atom is 0.272 e. The molecule has 1 aliphatic heterocycles. The summed E-state index contributed by atoms with van der Waals surface area (Å²) in [6.45, 7) is 3.65. The molecule has 1 aromatic carbocycles. The van der Waals surface area contributed by atoms with Gasteiger partial charge in [-0.15, -0.1) is 0 Å². The highest BCUT2D eigenvalue weighted by molar-refractivity contribution is 5.94. The van der Waals surface area contributed by atoms with Crippen molar-refractivity contribution >= 4 is 11.8 Å². The molecule has 1 atom stereocenters. The van der Waals surface area contributed by atoms with Crippen molar-refractivity contribution in [2.24, 2.45) is 5.92 Å². The first-order valence-electron chi connectivity index (χ1n) is 8.79. The Morgan fingerprint density at radius 2 is 2.00 bits per heavy atom. The number of aryl methyl sites for hydroxylation is 1. The molecule has 3 rings (SSSR count). The molecular weight excluding hydrogens is 333 g/mol. The third kappa shape index (κ3) is 4.45. The van der Waals surface area contributed by atoms with Crippen molar-refractivity contribution < 1.29 is 14.0 Å². The fraction of sp³-hybridized carbons (Fsp3) is 0.350. The number of carbonyl (C=O) groups excluding carboxylic acids is 2. The number of amides is 2. The molecule has 0 saturated carbocycles. The van der Waals surface area contributed by atoms with E-state index in [-0.39, 0.29) is 23.5 Å². The van der Waals surface area contributed by atoms with Gasteiger partial charge in [0.15, 0.2) is 0 Å². The van der Waals surface area contributed by atoms with Crippen LogP contribution < -0.4 is 5.32 Å². The topological polar surface area (TPSA) is 62.3 Å². The Balaban J connectivity index is 1.56. The molecule has 1 aliphatic rings. The number of benzene rings is 1. The molecule has 0 bridgehead atoms. The highest BCUT2D eigenvalue weighted by Gasteiger charge is 2.25. The second-order valence-electron chi connectivity index (χ2n) is 6.64. The van der Waals surface area contributed by atoms with E-state index in [4.69, 9.17) is 0 Å². The quantitative estimate of drug-likeness (QED) is 0.917. The van der Waals surface area contributed by atoms with Crippen LogP contribution in [0.5, 0.6) is 0 Å². The van der Waals surface area contributed by atoms with E-state index < -0.39 is 0 Å². The monoisotopic (exact) mass is 355 g/mol. The van der Waals surface area contributed by atoms with Crippen molar-refractivity contribution in [1.82, 2.24) is 15.2 Å². The number of pyridine rings is 1. The first-order valence-corrected chi connectivity index (χ1v) is 8.79. The normalized spacial score (nSPS) is 17.0. The Bertz CT molecular complexity index is 792. The lowest BCUT2D eigenvalue weighted by molar-refractivity contribution is 0.0665. The lowest BCUT2D eigenvalue weighted by Gasteiger charge is -2.32. The third-order valence-corrected chi connectivity index (χ3v) is 4.57. The van der Waals surface area contributed by atoms with Gasteiger partial charge in [-0.1, -0.05) is 6.07 Å². The van der Waals surface area contributed by atoms with Gasteiger partial charge in [-0.3, -0.25) is 9.59 Å². The summed E-state index contributed by atoms with van der Waals surface area (Å²) in [6.07, 6.45) is 1.85. The number of piperidine rings is 1. The van der Waals surface area contributed by atoms with Gasteiger partial charge in [-0.25, -0.2) is 9.37 Å². The van der Waals surface area contributed by atoms with Crippen LogP contribution in [-0.2, 0) is 0 Å². The molecule has 0 aliphatic carbocycles. The molecule has 1 aromatic heterocycles. The van der Waals surface area contributed by atoms with E-state index in [1.165, 1.54) is 24.3 Å². The molecule has 2 heterocycles. The summed E-state index contributed by atoms with van der Waals surface area (Å²) in [4.78, 5) is 30.9. The smallest absolute Gasteiger partial charge is 0.272 e. The van der Waals surface area contributed by atoms with Crippen molar-refractivity contribution in [2.45, 2.75) is 19.8 Å². The fourth-order valence-electron chi connectivity index (χ4n) is 3.18. The largest absolute Gasteiger partial charge is 0.352 e. The number of nitrogens with one attached hydrogen (secondary N) is 1. The average molecular weight is 355 g/mol. The van der Waals surface area contributed by atoms with Crippen LogP contribution in [0.25, 0.3) is 0 Å². The van der Waals surface area contributed by atoms with Crippen LogP contribution in [0.2, 0.25) is 0 Å². The summed E-state index contributed by atoms with van der Waals surface area (Å²) in [7, 11) is 0. The van der Waals surface area contributed by atoms with Gasteiger partial charge in [-0.2, -0.15) is 0 Å². The Morgan fingerprint density at radius 3 is 2.73 bits per heavy atom. The number of likely N-dealkylation sites (tertiary alicyclic amines) is 1. The lowest BCUT2D eigenvalue weighted by atomic mass is 9.97. The number of rotatable bonds is 4. The molecule has 6 heteroatoms. The predicted molar refractivity (Wildman–Crippen MR) is 96.3 cm³/mol. The van der Waals surface area contributed by atoms with Crippen LogP contribution in [0.3, 0.4) is 0 Å². The van der Waals surface area contributed by atoms with Crippen molar-refractivity contribution in [1.29, 1.82) is 0 Å². The summed E-state index contributed by atoms with van der Waals surface area (Å²) in [5, 5.41) is 2.88. The van der Waals surface area contributed by atoms with Gasteiger partial charge in [0.1, 0.15) is 11.5 Å². The molecule has 26 heavy (non-hydrogen) atoms. The zero-order chi connectivity index (χ0) is 18.5. The second kappa shape index (κ2) is 8.08. The van der Waals surface area contributed by atoms with Gasteiger partial charge in [0.05, 0.1) is 0 Å². The number of nitrogens with zero attached hydrogens (tertiary/aromatic N) is 2. The minimum absolute atomic E-state index is 0.0664. The number of aromatic nitrogens is 1. The Morgan fingerprint density at radius 1 is 1.23 bits per heavy atom. The van der Waals surface area contributed by atoms with Gasteiger partial charge in [0.25, 0.3) is 11.8 Å². The Kier molecular flexibility index (Phi) is 5.61. The minimum atomic E-state index is -0.368. The van der Waals surface area contributed by atoms with E-state index in [0.29, 0.717) is 30.9 Å². The van der Waals surface area contributed by atoms with Crippen LogP contribution in [0, 0.1) is 18.7 Å². The molecule has 1 fully saturated rings. The highest BCUT2D eigenvalue weighted by atomic mass is 19.1. The van der Waals surface area contributed by atoms with Crippen molar-refractivity contribution in [3.05, 3.63) is 65.2 Å². The summed E-state index contributed by atoms with van der Waals surface area (Å²) in [6, 6.07) is 10.9. The molecule has 0 radical (unpaired) electrons. The molecule has 1 saturated heterocycles. The summed E-state index contributed by atoms with van der Waals surface area (Å²) in [5.41, 5.74) is 1.70. The van der Waals surface area contributed by atoms with Gasteiger partial charge in [0, 0.05) is 30.9 Å². The van der Waals surface area contributed by atoms with Crippen LogP contribution in [-0.4, -0.2) is 41.3 Å². The van der Waals surface area contributed by atoms with Gasteiger partial charge in [0.2, 0.25) is 0 Å². The van der Waals surface area contributed by atoms with E-state index >= 15 is 0 Å². The Hall–Kier alpha value is -2.76. The second-order valence-corrected chi connectivity index (χ2v) is 6.64. The summed E-state index contributed by atoms with van der Waals surface area (Å²) >= 11 is 0. The van der Waals surface area contributed by atoms with Gasteiger partial charge in [-0.05, 0) is 62.1 Å². The number of hydrogen-bond acceptors (Lipinski definition) is 3. The molecule has 136 valence electrons. The summed E-state index contributed by atoms with van der Waals surface area (Å²) < 4.78 is 12.9. The summed E-state index contributed by atoms with van der Waals surface area (Å²) in [5.74, 6) is -0.466. The van der Waals surface area contributed by atoms with E-state index in [0.717, 1.165) is 18.5 Å². The van der Waals surface area contributed by atoms with Crippen LogP contribution in [0.1, 0.15) is 39.4 Å². The van der Waals surface area contributed by atoms with Crippen molar-refractivity contribution in [2.75, 3.05) is 19.6 Å². The highest BCUT2D eigenvalue weighted by Crippen LogP contribution is 2.18. The maximum absolute atomic E-state index is 12.9. The molecule has 0 spiro atoms. The van der Waals surface area contributed by atoms with E-state index in [2.05, 4.69) is 10.3 Å². The molecule has 1 N–H and O–H groups in total. The lowest BCUT2D eigenvalue weighted by Crippen LogP contribution is -2.44. The number of halogens is 1. The Labute approximate surface area is 152 Å². The zero-order valence-electron chi connectivity index (χ0n) is 14.7. The average Bonchev–Trinajstić information content (AvgIpc) is 2.66. The van der Waals surface area contributed by atoms with Crippen LogP contribution >= 0.6 is 0 Å². The van der Waals surface area contributed by atoms with Crippen molar-refractivity contribution in [3.63, 3.8) is 0 Å². The molecule has 2 amide bonds. The van der Waals surface area contributed by atoms with E-state index in [1.54, 1.807) is 11.0 Å². The minimum Gasteiger partial charge on any atom is -0.352 e. The molecule has 5 nitrogen and oxygen atoms in total. The maximum atomic E-state index is 12.9.